The van der Waals surface area contributed by atoms with E-state index >= 15 is 0 Å². The van der Waals surface area contributed by atoms with Gasteiger partial charge in [0.15, 0.2) is 6.29 Å². The van der Waals surface area contributed by atoms with Crippen molar-refractivity contribution in [3.63, 3.8) is 0 Å². The van der Waals surface area contributed by atoms with Gasteiger partial charge in [0.25, 0.3) is 0 Å². The van der Waals surface area contributed by atoms with E-state index in [2.05, 4.69) is 22.0 Å². The third-order valence-corrected chi connectivity index (χ3v) is 3.23. The molecule has 0 amide bonds. The summed E-state index contributed by atoms with van der Waals surface area (Å²) in [5.74, 6) is 0. The summed E-state index contributed by atoms with van der Waals surface area (Å²) < 4.78 is 0.853. The van der Waals surface area contributed by atoms with Gasteiger partial charge in [0.1, 0.15) is 0 Å². The summed E-state index contributed by atoms with van der Waals surface area (Å²) in [7, 11) is 0. The zero-order valence-electron chi connectivity index (χ0n) is 8.07. The molecular weight excluding hydrogens is 258 g/mol. The number of nitrogens with two attached hydrogens (primary N) is 1. The molecule has 0 saturated heterocycles. The molecular formula is C11H12BrNO2. The molecule has 0 aliphatic heterocycles. The minimum atomic E-state index is -1.53. The number of halogens is 1. The summed E-state index contributed by atoms with van der Waals surface area (Å²) in [5.41, 5.74) is 6.69. The quantitative estimate of drug-likeness (QED) is 0.510. The van der Waals surface area contributed by atoms with Crippen LogP contribution in [0.5, 0.6) is 0 Å². The Morgan fingerprint density at radius 2 is 1.80 bits per heavy atom. The van der Waals surface area contributed by atoms with E-state index in [4.69, 9.17) is 15.9 Å². The third-order valence-electron chi connectivity index (χ3n) is 2.57. The van der Waals surface area contributed by atoms with E-state index in [0.29, 0.717) is 11.3 Å². The molecule has 0 atom stereocenters. The fourth-order valence-electron chi connectivity index (χ4n) is 1.82. The lowest BCUT2D eigenvalue weighted by Gasteiger charge is -2.12. The summed E-state index contributed by atoms with van der Waals surface area (Å²) in [6.07, 6.45) is 4.53. The first-order valence-electron chi connectivity index (χ1n) is 4.75. The zero-order valence-corrected chi connectivity index (χ0v) is 9.66. The molecule has 0 spiro atoms. The summed E-state index contributed by atoms with van der Waals surface area (Å²) in [6.45, 7) is 0. The van der Waals surface area contributed by atoms with Crippen LogP contribution in [0.3, 0.4) is 0 Å². The molecule has 4 N–H and O–H groups in total. The van der Waals surface area contributed by atoms with Crippen LogP contribution in [0.1, 0.15) is 24.7 Å². The first-order valence-corrected chi connectivity index (χ1v) is 5.55. The lowest BCUT2D eigenvalue weighted by atomic mass is 10.0. The van der Waals surface area contributed by atoms with Gasteiger partial charge in [0.2, 0.25) is 0 Å². The highest BCUT2D eigenvalue weighted by Crippen LogP contribution is 2.18. The van der Waals surface area contributed by atoms with E-state index < -0.39 is 6.29 Å². The zero-order chi connectivity index (χ0) is 11.0. The molecule has 0 bridgehead atoms. The monoisotopic (exact) mass is 269 g/mol. The Labute approximate surface area is 95.7 Å². The summed E-state index contributed by atoms with van der Waals surface area (Å²) in [4.78, 5) is 0. The first kappa shape index (κ1) is 10.7. The SMILES string of the molecule is Nc1c(C(O)O)cc(Br)c2c1=CCCC=2. The maximum absolute atomic E-state index is 9.16. The minimum Gasteiger partial charge on any atom is -0.398 e. The fourth-order valence-corrected chi connectivity index (χ4v) is 2.44. The van der Waals surface area contributed by atoms with Gasteiger partial charge in [-0.2, -0.15) is 0 Å². The van der Waals surface area contributed by atoms with Gasteiger partial charge < -0.3 is 15.9 Å². The van der Waals surface area contributed by atoms with Crippen LogP contribution in [0.15, 0.2) is 10.5 Å². The molecule has 1 aliphatic rings. The first-order chi connectivity index (χ1) is 7.11. The highest BCUT2D eigenvalue weighted by Gasteiger charge is 2.12. The van der Waals surface area contributed by atoms with E-state index in [1.54, 1.807) is 6.07 Å². The van der Waals surface area contributed by atoms with Crippen molar-refractivity contribution in [2.24, 2.45) is 0 Å². The summed E-state index contributed by atoms with van der Waals surface area (Å²) in [6, 6.07) is 1.66. The number of fused-ring (bicyclic) bond motifs is 1. The second kappa shape index (κ2) is 3.96. The van der Waals surface area contributed by atoms with Crippen molar-refractivity contribution in [2.45, 2.75) is 19.1 Å². The van der Waals surface area contributed by atoms with Crippen molar-refractivity contribution in [1.82, 2.24) is 0 Å². The summed E-state index contributed by atoms with van der Waals surface area (Å²) in [5, 5.41) is 20.3. The molecule has 0 heterocycles. The van der Waals surface area contributed by atoms with Gasteiger partial charge >= 0.3 is 0 Å². The van der Waals surface area contributed by atoms with E-state index in [1.807, 2.05) is 6.08 Å². The van der Waals surface area contributed by atoms with Crippen LogP contribution in [0.25, 0.3) is 12.2 Å². The van der Waals surface area contributed by atoms with E-state index in [0.717, 1.165) is 27.8 Å². The largest absolute Gasteiger partial charge is 0.398 e. The molecule has 0 aromatic heterocycles. The number of anilines is 1. The Hall–Kier alpha value is -0.840. The number of benzene rings is 1. The Morgan fingerprint density at radius 1 is 1.20 bits per heavy atom. The van der Waals surface area contributed by atoms with E-state index in [-0.39, 0.29) is 0 Å². The van der Waals surface area contributed by atoms with Crippen LogP contribution >= 0.6 is 15.9 Å². The highest BCUT2D eigenvalue weighted by atomic mass is 79.9. The number of aliphatic hydroxyl groups is 2. The summed E-state index contributed by atoms with van der Waals surface area (Å²) >= 11 is 3.41. The Kier molecular flexibility index (Phi) is 2.82. The predicted molar refractivity (Wildman–Crippen MR) is 63.1 cm³/mol. The topological polar surface area (TPSA) is 66.5 Å². The standard InChI is InChI=1S/C11H12BrNO2/c12-9-5-8(11(14)15)10(13)7-4-2-1-3-6(7)9/h3-5,11,14-15H,1-2,13H2. The van der Waals surface area contributed by atoms with Crippen molar-refractivity contribution in [3.05, 3.63) is 26.5 Å². The highest BCUT2D eigenvalue weighted by molar-refractivity contribution is 9.10. The third kappa shape index (κ3) is 1.80. The molecule has 1 aliphatic carbocycles. The van der Waals surface area contributed by atoms with Crippen molar-refractivity contribution in [1.29, 1.82) is 0 Å². The molecule has 0 unspecified atom stereocenters. The Balaban J connectivity index is 2.83. The van der Waals surface area contributed by atoms with Gasteiger partial charge in [-0.25, -0.2) is 0 Å². The van der Waals surface area contributed by atoms with Crippen LogP contribution in [-0.4, -0.2) is 10.2 Å². The van der Waals surface area contributed by atoms with Crippen molar-refractivity contribution >= 4 is 33.8 Å². The number of aliphatic hydroxyl groups excluding tert-OH is 1. The van der Waals surface area contributed by atoms with Crippen LogP contribution in [0, 0.1) is 0 Å². The molecule has 2 rings (SSSR count). The average molecular weight is 270 g/mol. The van der Waals surface area contributed by atoms with Gasteiger partial charge in [-0.15, -0.1) is 0 Å². The molecule has 1 aromatic rings. The molecule has 0 fully saturated rings. The van der Waals surface area contributed by atoms with E-state index in [1.165, 1.54) is 0 Å². The van der Waals surface area contributed by atoms with Gasteiger partial charge in [-0.3, -0.25) is 0 Å². The maximum Gasteiger partial charge on any atom is 0.180 e. The molecule has 3 nitrogen and oxygen atoms in total. The molecule has 80 valence electrons. The van der Waals surface area contributed by atoms with Crippen LogP contribution < -0.4 is 16.2 Å². The second-order valence-corrected chi connectivity index (χ2v) is 4.40. The Morgan fingerprint density at radius 3 is 2.40 bits per heavy atom. The number of hydrogen-bond donors (Lipinski definition) is 3. The van der Waals surface area contributed by atoms with Crippen molar-refractivity contribution < 1.29 is 10.2 Å². The molecule has 1 aromatic carbocycles. The molecule has 0 saturated carbocycles. The molecule has 15 heavy (non-hydrogen) atoms. The van der Waals surface area contributed by atoms with Crippen molar-refractivity contribution in [2.75, 3.05) is 5.73 Å². The molecule has 0 radical (unpaired) electrons. The van der Waals surface area contributed by atoms with Crippen molar-refractivity contribution in [3.8, 4) is 0 Å². The minimum absolute atomic E-state index is 0.354. The Bertz CT molecular complexity index is 508. The second-order valence-electron chi connectivity index (χ2n) is 3.55. The van der Waals surface area contributed by atoms with Gasteiger partial charge in [-0.05, 0) is 24.1 Å². The average Bonchev–Trinajstić information content (AvgIpc) is 2.23. The lowest BCUT2D eigenvalue weighted by Crippen LogP contribution is -2.32. The van der Waals surface area contributed by atoms with Crippen LogP contribution in [0.2, 0.25) is 0 Å². The number of nitrogen functional groups attached to an aromatic ring is 1. The number of rotatable bonds is 1. The normalized spacial score (nSPS) is 14.4. The van der Waals surface area contributed by atoms with Gasteiger partial charge in [0.05, 0.1) is 0 Å². The van der Waals surface area contributed by atoms with Crippen LogP contribution in [0.4, 0.5) is 5.69 Å². The smallest absolute Gasteiger partial charge is 0.180 e. The van der Waals surface area contributed by atoms with Gasteiger partial charge in [-0.1, -0.05) is 28.1 Å². The number of hydrogen-bond acceptors (Lipinski definition) is 3. The predicted octanol–water partition coefficient (Wildman–Crippen LogP) is 0.369. The molecule has 4 heteroatoms. The maximum atomic E-state index is 9.16. The van der Waals surface area contributed by atoms with E-state index in [9.17, 15) is 0 Å². The lowest BCUT2D eigenvalue weighted by molar-refractivity contribution is -0.0419. The van der Waals surface area contributed by atoms with Gasteiger partial charge in [0, 0.05) is 20.9 Å². The fraction of sp³-hybridized carbons (Fsp3) is 0.273. The van der Waals surface area contributed by atoms with Crippen LogP contribution in [-0.2, 0) is 0 Å².